The SMILES string of the molecule is Cc1c(CNC(=O)[C@@H](N)C(C)(C)C)cnn1C. The minimum atomic E-state index is -0.500. The van der Waals surface area contributed by atoms with Crippen LogP contribution in [0.1, 0.15) is 32.0 Å². The molecule has 0 spiro atoms. The van der Waals surface area contributed by atoms with Gasteiger partial charge in [0.2, 0.25) is 5.91 Å². The number of rotatable bonds is 3. The van der Waals surface area contributed by atoms with E-state index in [0.717, 1.165) is 11.3 Å². The van der Waals surface area contributed by atoms with Crippen molar-refractivity contribution in [2.45, 2.75) is 40.3 Å². The van der Waals surface area contributed by atoms with E-state index in [1.54, 1.807) is 10.9 Å². The van der Waals surface area contributed by atoms with Crippen molar-refractivity contribution in [3.05, 3.63) is 17.5 Å². The van der Waals surface area contributed by atoms with Gasteiger partial charge in [0.25, 0.3) is 0 Å². The smallest absolute Gasteiger partial charge is 0.237 e. The monoisotopic (exact) mass is 238 g/mol. The predicted octanol–water partition coefficient (Wildman–Crippen LogP) is 0.718. The second-order valence-electron chi connectivity index (χ2n) is 5.44. The van der Waals surface area contributed by atoms with Gasteiger partial charge in [0.05, 0.1) is 12.2 Å². The number of aromatic nitrogens is 2. The Balaban J connectivity index is 2.57. The third-order valence-electron chi connectivity index (χ3n) is 3.01. The molecule has 1 rings (SSSR count). The third-order valence-corrected chi connectivity index (χ3v) is 3.01. The molecule has 5 nitrogen and oxygen atoms in total. The first-order valence-corrected chi connectivity index (χ1v) is 5.74. The maximum absolute atomic E-state index is 11.8. The summed E-state index contributed by atoms with van der Waals surface area (Å²) in [5.74, 6) is -0.124. The molecule has 0 aliphatic rings. The van der Waals surface area contributed by atoms with Crippen molar-refractivity contribution in [3.63, 3.8) is 0 Å². The van der Waals surface area contributed by atoms with Gasteiger partial charge in [-0.05, 0) is 12.3 Å². The Morgan fingerprint density at radius 2 is 2.18 bits per heavy atom. The molecular formula is C12H22N4O. The van der Waals surface area contributed by atoms with Crippen molar-refractivity contribution in [2.75, 3.05) is 0 Å². The average molecular weight is 238 g/mol. The number of aryl methyl sites for hydroxylation is 1. The van der Waals surface area contributed by atoms with E-state index in [2.05, 4.69) is 10.4 Å². The van der Waals surface area contributed by atoms with Crippen LogP contribution in [0.15, 0.2) is 6.20 Å². The van der Waals surface area contributed by atoms with Crippen molar-refractivity contribution in [1.82, 2.24) is 15.1 Å². The number of carbonyl (C=O) groups excluding carboxylic acids is 1. The molecular weight excluding hydrogens is 216 g/mol. The van der Waals surface area contributed by atoms with E-state index >= 15 is 0 Å². The highest BCUT2D eigenvalue weighted by atomic mass is 16.2. The van der Waals surface area contributed by atoms with Crippen LogP contribution in [0.25, 0.3) is 0 Å². The van der Waals surface area contributed by atoms with Gasteiger partial charge < -0.3 is 11.1 Å². The Hall–Kier alpha value is -1.36. The summed E-state index contributed by atoms with van der Waals surface area (Å²) in [4.78, 5) is 11.8. The summed E-state index contributed by atoms with van der Waals surface area (Å²) in [5.41, 5.74) is 7.71. The van der Waals surface area contributed by atoms with E-state index in [-0.39, 0.29) is 11.3 Å². The number of hydrogen-bond donors (Lipinski definition) is 2. The van der Waals surface area contributed by atoms with Crippen molar-refractivity contribution < 1.29 is 4.79 Å². The summed E-state index contributed by atoms with van der Waals surface area (Å²) in [6, 6.07) is -0.500. The van der Waals surface area contributed by atoms with Crippen molar-refractivity contribution in [1.29, 1.82) is 0 Å². The summed E-state index contributed by atoms with van der Waals surface area (Å²) in [6.07, 6.45) is 1.76. The highest BCUT2D eigenvalue weighted by Gasteiger charge is 2.27. The van der Waals surface area contributed by atoms with Gasteiger partial charge in [-0.3, -0.25) is 9.48 Å². The zero-order valence-electron chi connectivity index (χ0n) is 11.2. The highest BCUT2D eigenvalue weighted by Crippen LogP contribution is 2.17. The maximum Gasteiger partial charge on any atom is 0.237 e. The molecule has 0 bridgehead atoms. The standard InChI is InChI=1S/C12H22N4O/c1-8-9(7-15-16(8)5)6-14-11(17)10(13)12(2,3)4/h7,10H,6,13H2,1-5H3,(H,14,17)/t10-/m1/s1. The molecule has 1 atom stereocenters. The summed E-state index contributed by atoms with van der Waals surface area (Å²) in [6.45, 7) is 8.30. The van der Waals surface area contributed by atoms with Crippen LogP contribution in [-0.4, -0.2) is 21.7 Å². The average Bonchev–Trinajstić information content (AvgIpc) is 2.54. The zero-order chi connectivity index (χ0) is 13.2. The van der Waals surface area contributed by atoms with Gasteiger partial charge in [0, 0.05) is 24.8 Å². The van der Waals surface area contributed by atoms with Crippen molar-refractivity contribution in [2.24, 2.45) is 18.2 Å². The van der Waals surface area contributed by atoms with Crippen LogP contribution < -0.4 is 11.1 Å². The molecule has 96 valence electrons. The summed E-state index contributed by atoms with van der Waals surface area (Å²) in [5, 5.41) is 6.96. The van der Waals surface area contributed by atoms with E-state index in [1.807, 2.05) is 34.7 Å². The molecule has 1 heterocycles. The summed E-state index contributed by atoms with van der Waals surface area (Å²) < 4.78 is 1.78. The topological polar surface area (TPSA) is 72.9 Å². The molecule has 0 radical (unpaired) electrons. The molecule has 0 saturated heterocycles. The molecule has 0 aromatic carbocycles. The first-order chi connectivity index (χ1) is 7.73. The van der Waals surface area contributed by atoms with Crippen LogP contribution >= 0.6 is 0 Å². The summed E-state index contributed by atoms with van der Waals surface area (Å²) >= 11 is 0. The van der Waals surface area contributed by atoms with Gasteiger partial charge >= 0.3 is 0 Å². The molecule has 1 amide bonds. The maximum atomic E-state index is 11.8. The third kappa shape index (κ3) is 3.30. The Morgan fingerprint density at radius 1 is 1.59 bits per heavy atom. The Morgan fingerprint density at radius 3 is 2.59 bits per heavy atom. The molecule has 17 heavy (non-hydrogen) atoms. The lowest BCUT2D eigenvalue weighted by molar-refractivity contribution is -0.124. The van der Waals surface area contributed by atoms with Gasteiger partial charge in [0.1, 0.15) is 0 Å². The van der Waals surface area contributed by atoms with Crippen molar-refractivity contribution in [3.8, 4) is 0 Å². The fraction of sp³-hybridized carbons (Fsp3) is 0.667. The van der Waals surface area contributed by atoms with Crippen molar-refractivity contribution >= 4 is 5.91 Å². The lowest BCUT2D eigenvalue weighted by Gasteiger charge is -2.25. The van der Waals surface area contributed by atoms with E-state index in [9.17, 15) is 4.79 Å². The number of nitrogens with one attached hydrogen (secondary N) is 1. The molecule has 0 aliphatic carbocycles. The minimum Gasteiger partial charge on any atom is -0.351 e. The van der Waals surface area contributed by atoms with Gasteiger partial charge in [-0.2, -0.15) is 5.10 Å². The van der Waals surface area contributed by atoms with Crippen LogP contribution in [0.3, 0.4) is 0 Å². The first kappa shape index (κ1) is 13.7. The van der Waals surface area contributed by atoms with Crippen LogP contribution in [0.4, 0.5) is 0 Å². The number of amides is 1. The fourth-order valence-corrected chi connectivity index (χ4v) is 1.40. The molecule has 0 unspecified atom stereocenters. The number of nitrogens with zero attached hydrogens (tertiary/aromatic N) is 2. The first-order valence-electron chi connectivity index (χ1n) is 5.74. The number of nitrogens with two attached hydrogens (primary N) is 1. The minimum absolute atomic E-state index is 0.124. The number of hydrogen-bond acceptors (Lipinski definition) is 3. The van der Waals surface area contributed by atoms with E-state index < -0.39 is 6.04 Å². The van der Waals surface area contributed by atoms with E-state index in [1.165, 1.54) is 0 Å². The molecule has 0 saturated carbocycles. The lowest BCUT2D eigenvalue weighted by Crippen LogP contribution is -2.48. The van der Waals surface area contributed by atoms with E-state index in [0.29, 0.717) is 6.54 Å². The molecule has 0 fully saturated rings. The van der Waals surface area contributed by atoms with Gasteiger partial charge in [-0.15, -0.1) is 0 Å². The molecule has 5 heteroatoms. The van der Waals surface area contributed by atoms with Gasteiger partial charge in [-0.25, -0.2) is 0 Å². The Bertz CT molecular complexity index is 403. The lowest BCUT2D eigenvalue weighted by atomic mass is 9.87. The fourth-order valence-electron chi connectivity index (χ4n) is 1.40. The van der Waals surface area contributed by atoms with Crippen LogP contribution in [0.5, 0.6) is 0 Å². The number of carbonyl (C=O) groups is 1. The van der Waals surface area contributed by atoms with Gasteiger partial charge in [-0.1, -0.05) is 20.8 Å². The highest BCUT2D eigenvalue weighted by molar-refractivity contribution is 5.82. The summed E-state index contributed by atoms with van der Waals surface area (Å²) in [7, 11) is 1.88. The Labute approximate surface area is 102 Å². The quantitative estimate of drug-likeness (QED) is 0.815. The van der Waals surface area contributed by atoms with Gasteiger partial charge in [0.15, 0.2) is 0 Å². The largest absolute Gasteiger partial charge is 0.351 e. The van der Waals surface area contributed by atoms with Crippen LogP contribution in [0.2, 0.25) is 0 Å². The normalized spacial score (nSPS) is 13.5. The zero-order valence-corrected chi connectivity index (χ0v) is 11.2. The second kappa shape index (κ2) is 4.87. The molecule has 0 aliphatic heterocycles. The van der Waals surface area contributed by atoms with E-state index in [4.69, 9.17) is 5.73 Å². The molecule has 1 aromatic rings. The molecule has 1 aromatic heterocycles. The van der Waals surface area contributed by atoms with Crippen LogP contribution in [-0.2, 0) is 18.4 Å². The Kier molecular flexibility index (Phi) is 3.93. The second-order valence-corrected chi connectivity index (χ2v) is 5.44. The predicted molar refractivity (Wildman–Crippen MR) is 67.2 cm³/mol. The molecule has 3 N–H and O–H groups in total. The van der Waals surface area contributed by atoms with Crippen LogP contribution in [0, 0.1) is 12.3 Å².